The van der Waals surface area contributed by atoms with Crippen LogP contribution in [0.5, 0.6) is 0 Å². The van der Waals surface area contributed by atoms with Crippen LogP contribution in [0.15, 0.2) is 0 Å². The van der Waals surface area contributed by atoms with Crippen molar-refractivity contribution in [1.82, 2.24) is 0 Å². The molecule has 0 aliphatic carbocycles. The zero-order valence-corrected chi connectivity index (χ0v) is 45.2. The second-order valence-corrected chi connectivity index (χ2v) is 21.1. The molecule has 0 spiro atoms. The van der Waals surface area contributed by atoms with Crippen LogP contribution in [-0.4, -0.2) is 37.2 Å². The van der Waals surface area contributed by atoms with Crippen molar-refractivity contribution in [3.8, 4) is 0 Å². The molecule has 0 bridgehead atoms. The average Bonchev–Trinajstić information content (AvgIpc) is 3.30. The summed E-state index contributed by atoms with van der Waals surface area (Å²) in [4.78, 5) is 38.1. The first-order valence-electron chi connectivity index (χ1n) is 29.9. The van der Waals surface area contributed by atoms with Gasteiger partial charge < -0.3 is 14.2 Å². The highest BCUT2D eigenvalue weighted by Crippen LogP contribution is 2.18. The van der Waals surface area contributed by atoms with Gasteiger partial charge in [0.15, 0.2) is 6.10 Å². The van der Waals surface area contributed by atoms with Crippen molar-refractivity contribution in [3.63, 3.8) is 0 Å². The number of ether oxygens (including phenoxy) is 3. The fourth-order valence-corrected chi connectivity index (χ4v) is 9.28. The number of rotatable bonds is 55. The molecule has 6 nitrogen and oxygen atoms in total. The van der Waals surface area contributed by atoms with E-state index in [0.29, 0.717) is 19.3 Å². The van der Waals surface area contributed by atoms with Crippen LogP contribution in [0.25, 0.3) is 0 Å². The molecule has 0 aliphatic rings. The molecule has 0 fully saturated rings. The summed E-state index contributed by atoms with van der Waals surface area (Å²) in [5.74, 6) is 0.0111. The zero-order valence-electron chi connectivity index (χ0n) is 45.2. The molecule has 0 rings (SSSR count). The van der Waals surface area contributed by atoms with Crippen LogP contribution in [0, 0.1) is 5.92 Å². The Kier molecular flexibility index (Phi) is 53.0. The molecule has 0 aromatic carbocycles. The fraction of sp³-hybridized carbons (Fsp3) is 0.950. The Morgan fingerprint density at radius 3 is 0.742 bits per heavy atom. The first-order valence-corrected chi connectivity index (χ1v) is 29.9. The molecule has 0 saturated carbocycles. The van der Waals surface area contributed by atoms with Crippen molar-refractivity contribution in [2.75, 3.05) is 13.2 Å². The van der Waals surface area contributed by atoms with Crippen LogP contribution < -0.4 is 0 Å². The van der Waals surface area contributed by atoms with Gasteiger partial charge in [-0.3, -0.25) is 14.4 Å². The number of carbonyl (C=O) groups is 3. The van der Waals surface area contributed by atoms with Crippen molar-refractivity contribution in [3.05, 3.63) is 0 Å². The molecule has 6 heteroatoms. The van der Waals surface area contributed by atoms with Gasteiger partial charge >= 0.3 is 17.9 Å². The van der Waals surface area contributed by atoms with E-state index in [9.17, 15) is 14.4 Å². The first kappa shape index (κ1) is 64.4. The van der Waals surface area contributed by atoms with Crippen molar-refractivity contribution in [1.29, 1.82) is 0 Å². The summed E-state index contributed by atoms with van der Waals surface area (Å²) in [6.07, 6.45) is 59.5. The van der Waals surface area contributed by atoms with E-state index in [1.165, 1.54) is 238 Å². The van der Waals surface area contributed by atoms with Gasteiger partial charge in [-0.1, -0.05) is 304 Å². The molecule has 66 heavy (non-hydrogen) atoms. The lowest BCUT2D eigenvalue weighted by atomic mass is 10.0. The second-order valence-electron chi connectivity index (χ2n) is 21.1. The maximum atomic E-state index is 12.8. The lowest BCUT2D eigenvalue weighted by Gasteiger charge is -2.18. The minimum atomic E-state index is -0.762. The second kappa shape index (κ2) is 54.4. The van der Waals surface area contributed by atoms with E-state index in [1.807, 2.05) is 0 Å². The third-order valence-corrected chi connectivity index (χ3v) is 13.8. The van der Waals surface area contributed by atoms with Gasteiger partial charge in [-0.25, -0.2) is 0 Å². The zero-order chi connectivity index (χ0) is 48.1. The predicted molar refractivity (Wildman–Crippen MR) is 284 cm³/mol. The molecular formula is C60H116O6. The largest absolute Gasteiger partial charge is 0.462 e. The van der Waals surface area contributed by atoms with Gasteiger partial charge in [0.2, 0.25) is 0 Å². The monoisotopic (exact) mass is 933 g/mol. The van der Waals surface area contributed by atoms with Gasteiger partial charge in [0.05, 0.1) is 0 Å². The van der Waals surface area contributed by atoms with Crippen molar-refractivity contribution in [2.45, 2.75) is 348 Å². The minimum absolute atomic E-state index is 0.0616. The van der Waals surface area contributed by atoms with Crippen LogP contribution in [-0.2, 0) is 28.6 Å². The van der Waals surface area contributed by atoms with E-state index in [-0.39, 0.29) is 31.1 Å². The maximum Gasteiger partial charge on any atom is 0.306 e. The van der Waals surface area contributed by atoms with Crippen LogP contribution in [0.1, 0.15) is 342 Å². The van der Waals surface area contributed by atoms with Gasteiger partial charge in [-0.05, 0) is 25.2 Å². The quantitative estimate of drug-likeness (QED) is 0.0343. The summed E-state index contributed by atoms with van der Waals surface area (Å²) in [6, 6.07) is 0. The molecule has 0 N–H and O–H groups in total. The fourth-order valence-electron chi connectivity index (χ4n) is 9.28. The normalized spacial score (nSPS) is 12.0. The molecule has 0 aromatic rings. The van der Waals surface area contributed by atoms with Crippen LogP contribution in [0.3, 0.4) is 0 Å². The molecular weight excluding hydrogens is 817 g/mol. The Bertz CT molecular complexity index is 996. The van der Waals surface area contributed by atoms with Gasteiger partial charge in [0.25, 0.3) is 0 Å². The van der Waals surface area contributed by atoms with Crippen molar-refractivity contribution < 1.29 is 28.6 Å². The number of carbonyl (C=O) groups excluding carboxylic acids is 3. The molecule has 392 valence electrons. The van der Waals surface area contributed by atoms with Gasteiger partial charge in [0, 0.05) is 19.3 Å². The molecule has 0 amide bonds. The van der Waals surface area contributed by atoms with Crippen molar-refractivity contribution >= 4 is 17.9 Å². The smallest absolute Gasteiger partial charge is 0.306 e. The Morgan fingerprint density at radius 1 is 0.288 bits per heavy atom. The van der Waals surface area contributed by atoms with Crippen LogP contribution in [0.2, 0.25) is 0 Å². The lowest BCUT2D eigenvalue weighted by Crippen LogP contribution is -2.30. The minimum Gasteiger partial charge on any atom is -0.462 e. The summed E-state index contributed by atoms with van der Waals surface area (Å²) in [5.41, 5.74) is 0. The van der Waals surface area contributed by atoms with Crippen LogP contribution in [0.4, 0.5) is 0 Å². The van der Waals surface area contributed by atoms with E-state index in [1.54, 1.807) is 0 Å². The van der Waals surface area contributed by atoms with E-state index in [4.69, 9.17) is 14.2 Å². The van der Waals surface area contributed by atoms with Crippen molar-refractivity contribution in [2.24, 2.45) is 5.92 Å². The van der Waals surface area contributed by atoms with E-state index < -0.39 is 6.10 Å². The Morgan fingerprint density at radius 2 is 0.500 bits per heavy atom. The molecule has 0 saturated heterocycles. The third-order valence-electron chi connectivity index (χ3n) is 13.8. The Hall–Kier alpha value is -1.59. The number of hydrogen-bond acceptors (Lipinski definition) is 6. The topological polar surface area (TPSA) is 78.9 Å². The van der Waals surface area contributed by atoms with E-state index in [0.717, 1.165) is 63.7 Å². The highest BCUT2D eigenvalue weighted by Gasteiger charge is 2.19. The highest BCUT2D eigenvalue weighted by atomic mass is 16.6. The maximum absolute atomic E-state index is 12.8. The molecule has 0 radical (unpaired) electrons. The van der Waals surface area contributed by atoms with Gasteiger partial charge in [0.1, 0.15) is 13.2 Å². The number of unbranched alkanes of at least 4 members (excludes halogenated alkanes) is 42. The van der Waals surface area contributed by atoms with Crippen LogP contribution >= 0.6 is 0 Å². The number of esters is 3. The lowest BCUT2D eigenvalue weighted by molar-refractivity contribution is -0.167. The first-order chi connectivity index (χ1) is 32.4. The summed E-state index contributed by atoms with van der Waals surface area (Å²) in [7, 11) is 0. The molecule has 0 aliphatic heterocycles. The molecule has 0 heterocycles. The van der Waals surface area contributed by atoms with E-state index >= 15 is 0 Å². The Balaban J connectivity index is 4.24. The van der Waals surface area contributed by atoms with Gasteiger partial charge in [-0.15, -0.1) is 0 Å². The molecule has 0 unspecified atom stereocenters. The summed E-state index contributed by atoms with van der Waals surface area (Å²) >= 11 is 0. The summed E-state index contributed by atoms with van der Waals surface area (Å²) in [6.45, 7) is 9.07. The summed E-state index contributed by atoms with van der Waals surface area (Å²) in [5, 5.41) is 0. The predicted octanol–water partition coefficient (Wildman–Crippen LogP) is 19.8. The standard InChI is InChI=1S/C60H116O6/c1-5-7-9-11-13-15-17-19-20-21-22-23-24-28-32-35-39-43-47-51-58(61)64-54-57(66-60(63)53-49-45-41-37-31-18-16-14-12-10-8-6-2)55-65-59(62)52-48-44-40-36-33-29-26-25-27-30-34-38-42-46-50-56(3)4/h56-57H,5-55H2,1-4H3/t57-/m0/s1. The molecule has 0 aromatic heterocycles. The van der Waals surface area contributed by atoms with Gasteiger partial charge in [-0.2, -0.15) is 0 Å². The average molecular weight is 934 g/mol. The summed E-state index contributed by atoms with van der Waals surface area (Å²) < 4.78 is 16.9. The number of hydrogen-bond donors (Lipinski definition) is 0. The van der Waals surface area contributed by atoms with E-state index in [2.05, 4.69) is 27.7 Å². The highest BCUT2D eigenvalue weighted by molar-refractivity contribution is 5.71. The SMILES string of the molecule is CCCCCCCCCCCCCCCCCCCCCC(=O)OC[C@@H](COC(=O)CCCCCCCCCCCCCCCCC(C)C)OC(=O)CCCCCCCCCCCCCC. The Labute approximate surface area is 412 Å². The third kappa shape index (κ3) is 53.4. The molecule has 1 atom stereocenters.